The van der Waals surface area contributed by atoms with E-state index in [-0.39, 0.29) is 5.91 Å². The minimum absolute atomic E-state index is 0.123. The van der Waals surface area contributed by atoms with Gasteiger partial charge >= 0.3 is 0 Å². The third-order valence-corrected chi connectivity index (χ3v) is 3.76. The second-order valence-corrected chi connectivity index (χ2v) is 5.54. The summed E-state index contributed by atoms with van der Waals surface area (Å²) in [6.45, 7) is 2.85. The van der Waals surface area contributed by atoms with Crippen molar-refractivity contribution in [3.8, 4) is 5.88 Å². The Hall–Kier alpha value is -1.78. The fourth-order valence-electron chi connectivity index (χ4n) is 1.94. The van der Waals surface area contributed by atoms with E-state index in [0.29, 0.717) is 34.6 Å². The van der Waals surface area contributed by atoms with Gasteiger partial charge in [-0.05, 0) is 30.7 Å². The van der Waals surface area contributed by atoms with Gasteiger partial charge in [-0.2, -0.15) is 0 Å². The Labute approximate surface area is 139 Å². The first-order valence-corrected chi connectivity index (χ1v) is 7.55. The third-order valence-electron chi connectivity index (χ3n) is 3.03. The van der Waals surface area contributed by atoms with Crippen LogP contribution in [0.1, 0.15) is 22.8 Å². The SMILES string of the molecule is CCOc1ccc(C(=O)N(C)Cc2ccc(Cl)c(Cl)c2)cn1. The normalized spacial score (nSPS) is 10.4. The van der Waals surface area contributed by atoms with Crippen LogP contribution in [0.25, 0.3) is 0 Å². The Morgan fingerprint density at radius 2 is 2.00 bits per heavy atom. The van der Waals surface area contributed by atoms with Crippen LogP contribution in [0.4, 0.5) is 0 Å². The van der Waals surface area contributed by atoms with Crippen LogP contribution < -0.4 is 4.74 Å². The molecule has 116 valence electrons. The Morgan fingerprint density at radius 1 is 1.23 bits per heavy atom. The summed E-state index contributed by atoms with van der Waals surface area (Å²) in [6, 6.07) is 8.70. The highest BCUT2D eigenvalue weighted by atomic mass is 35.5. The molecule has 0 N–H and O–H groups in total. The number of hydrogen-bond acceptors (Lipinski definition) is 3. The number of halogens is 2. The van der Waals surface area contributed by atoms with Crippen molar-refractivity contribution in [1.82, 2.24) is 9.88 Å². The van der Waals surface area contributed by atoms with E-state index in [1.807, 2.05) is 13.0 Å². The van der Waals surface area contributed by atoms with Crippen molar-refractivity contribution in [2.45, 2.75) is 13.5 Å². The molecule has 0 spiro atoms. The van der Waals surface area contributed by atoms with Gasteiger partial charge in [0.25, 0.3) is 5.91 Å². The maximum atomic E-state index is 12.4. The molecular formula is C16H16Cl2N2O2. The van der Waals surface area contributed by atoms with Gasteiger partial charge in [0.05, 0.1) is 22.2 Å². The lowest BCUT2D eigenvalue weighted by atomic mass is 10.2. The molecule has 0 unspecified atom stereocenters. The van der Waals surface area contributed by atoms with Crippen LogP contribution in [-0.4, -0.2) is 29.4 Å². The number of carbonyl (C=O) groups is 1. The lowest BCUT2D eigenvalue weighted by molar-refractivity contribution is 0.0784. The molecule has 0 radical (unpaired) electrons. The predicted molar refractivity (Wildman–Crippen MR) is 87.7 cm³/mol. The van der Waals surface area contributed by atoms with E-state index >= 15 is 0 Å². The minimum Gasteiger partial charge on any atom is -0.478 e. The molecular weight excluding hydrogens is 323 g/mol. The topological polar surface area (TPSA) is 42.4 Å². The molecule has 0 bridgehead atoms. The molecule has 4 nitrogen and oxygen atoms in total. The molecule has 2 rings (SSSR count). The van der Waals surface area contributed by atoms with Gasteiger partial charge < -0.3 is 9.64 Å². The molecule has 0 aliphatic carbocycles. The van der Waals surface area contributed by atoms with Crippen molar-refractivity contribution in [3.05, 3.63) is 57.7 Å². The van der Waals surface area contributed by atoms with E-state index in [1.165, 1.54) is 6.20 Å². The van der Waals surface area contributed by atoms with Gasteiger partial charge in [0, 0.05) is 25.9 Å². The molecule has 1 heterocycles. The average Bonchev–Trinajstić information content (AvgIpc) is 2.51. The second kappa shape index (κ2) is 7.47. The van der Waals surface area contributed by atoms with Gasteiger partial charge in [0.15, 0.2) is 0 Å². The summed E-state index contributed by atoms with van der Waals surface area (Å²) < 4.78 is 5.26. The Morgan fingerprint density at radius 3 is 2.59 bits per heavy atom. The smallest absolute Gasteiger partial charge is 0.255 e. The number of benzene rings is 1. The Balaban J connectivity index is 2.06. The van der Waals surface area contributed by atoms with Crippen molar-refractivity contribution in [2.75, 3.05) is 13.7 Å². The summed E-state index contributed by atoms with van der Waals surface area (Å²) in [5.41, 5.74) is 1.41. The van der Waals surface area contributed by atoms with Crippen LogP contribution in [-0.2, 0) is 6.54 Å². The van der Waals surface area contributed by atoms with Crippen molar-refractivity contribution in [3.63, 3.8) is 0 Å². The fraction of sp³-hybridized carbons (Fsp3) is 0.250. The molecule has 0 aliphatic heterocycles. The standard InChI is InChI=1S/C16H16Cl2N2O2/c1-3-22-15-7-5-12(9-19-15)16(21)20(2)10-11-4-6-13(17)14(18)8-11/h4-9H,3,10H2,1-2H3. The fourth-order valence-corrected chi connectivity index (χ4v) is 2.26. The number of pyridine rings is 1. The van der Waals surface area contributed by atoms with Crippen LogP contribution in [0.15, 0.2) is 36.5 Å². The predicted octanol–water partition coefficient (Wildman–Crippen LogP) is 4.06. The summed E-state index contributed by atoms with van der Waals surface area (Å²) in [6.07, 6.45) is 1.51. The maximum absolute atomic E-state index is 12.4. The molecule has 1 aromatic carbocycles. The largest absolute Gasteiger partial charge is 0.478 e. The number of amides is 1. The van der Waals surface area contributed by atoms with E-state index in [9.17, 15) is 4.79 Å². The number of hydrogen-bond donors (Lipinski definition) is 0. The molecule has 0 atom stereocenters. The Kier molecular flexibility index (Phi) is 5.63. The van der Waals surface area contributed by atoms with Crippen LogP contribution in [0.2, 0.25) is 10.0 Å². The van der Waals surface area contributed by atoms with E-state index in [2.05, 4.69) is 4.98 Å². The zero-order valence-electron chi connectivity index (χ0n) is 12.3. The average molecular weight is 339 g/mol. The molecule has 0 saturated heterocycles. The first-order valence-electron chi connectivity index (χ1n) is 6.79. The summed E-state index contributed by atoms with van der Waals surface area (Å²) >= 11 is 11.9. The maximum Gasteiger partial charge on any atom is 0.255 e. The highest BCUT2D eigenvalue weighted by Crippen LogP contribution is 2.23. The molecule has 0 aliphatic rings. The summed E-state index contributed by atoms with van der Waals surface area (Å²) in [5.74, 6) is 0.382. The minimum atomic E-state index is -0.123. The molecule has 0 fully saturated rings. The van der Waals surface area contributed by atoms with Crippen molar-refractivity contribution < 1.29 is 9.53 Å². The molecule has 1 aromatic heterocycles. The lowest BCUT2D eigenvalue weighted by Crippen LogP contribution is -2.26. The zero-order chi connectivity index (χ0) is 16.1. The Bertz CT molecular complexity index is 660. The first kappa shape index (κ1) is 16.6. The molecule has 1 amide bonds. The van der Waals surface area contributed by atoms with E-state index in [0.717, 1.165) is 5.56 Å². The first-order chi connectivity index (χ1) is 10.5. The van der Waals surface area contributed by atoms with Gasteiger partial charge in [0.1, 0.15) is 0 Å². The number of rotatable bonds is 5. The number of carbonyl (C=O) groups excluding carboxylic acids is 1. The highest BCUT2D eigenvalue weighted by Gasteiger charge is 2.13. The van der Waals surface area contributed by atoms with E-state index in [1.54, 1.807) is 36.2 Å². The monoisotopic (exact) mass is 338 g/mol. The summed E-state index contributed by atoms with van der Waals surface area (Å²) in [4.78, 5) is 18.0. The van der Waals surface area contributed by atoms with Crippen molar-refractivity contribution >= 4 is 29.1 Å². The van der Waals surface area contributed by atoms with Crippen LogP contribution in [0, 0.1) is 0 Å². The van der Waals surface area contributed by atoms with Crippen LogP contribution >= 0.6 is 23.2 Å². The van der Waals surface area contributed by atoms with Crippen molar-refractivity contribution in [2.24, 2.45) is 0 Å². The van der Waals surface area contributed by atoms with E-state index < -0.39 is 0 Å². The van der Waals surface area contributed by atoms with Gasteiger partial charge in [-0.15, -0.1) is 0 Å². The van der Waals surface area contributed by atoms with Gasteiger partial charge in [-0.3, -0.25) is 4.79 Å². The molecule has 22 heavy (non-hydrogen) atoms. The van der Waals surface area contributed by atoms with Crippen molar-refractivity contribution in [1.29, 1.82) is 0 Å². The van der Waals surface area contributed by atoms with Gasteiger partial charge in [0.2, 0.25) is 5.88 Å². The number of aromatic nitrogens is 1. The van der Waals surface area contributed by atoms with Crippen LogP contribution in [0.3, 0.4) is 0 Å². The number of nitrogens with zero attached hydrogens (tertiary/aromatic N) is 2. The molecule has 2 aromatic rings. The lowest BCUT2D eigenvalue weighted by Gasteiger charge is -2.17. The number of ether oxygens (including phenoxy) is 1. The molecule has 0 saturated carbocycles. The summed E-state index contributed by atoms with van der Waals surface area (Å²) in [5, 5.41) is 0.970. The zero-order valence-corrected chi connectivity index (χ0v) is 13.9. The second-order valence-electron chi connectivity index (χ2n) is 4.73. The highest BCUT2D eigenvalue weighted by molar-refractivity contribution is 6.42. The van der Waals surface area contributed by atoms with Crippen LogP contribution in [0.5, 0.6) is 5.88 Å². The quantitative estimate of drug-likeness (QED) is 0.825. The van der Waals surface area contributed by atoms with E-state index in [4.69, 9.17) is 27.9 Å². The molecule has 6 heteroatoms. The summed E-state index contributed by atoms with van der Waals surface area (Å²) in [7, 11) is 1.72. The van der Waals surface area contributed by atoms with Gasteiger partial charge in [-0.1, -0.05) is 29.3 Å². The van der Waals surface area contributed by atoms with Gasteiger partial charge in [-0.25, -0.2) is 4.98 Å². The third kappa shape index (κ3) is 4.12.